The van der Waals surface area contributed by atoms with Crippen LogP contribution in [0.1, 0.15) is 32.1 Å². The Bertz CT molecular complexity index is 220. The van der Waals surface area contributed by atoms with Crippen LogP contribution in [-0.4, -0.2) is 19.1 Å². The van der Waals surface area contributed by atoms with Gasteiger partial charge in [-0.1, -0.05) is 6.42 Å². The highest BCUT2D eigenvalue weighted by Gasteiger charge is 2.49. The fourth-order valence-corrected chi connectivity index (χ4v) is 2.77. The summed E-state index contributed by atoms with van der Waals surface area (Å²) >= 11 is 0. The van der Waals surface area contributed by atoms with Gasteiger partial charge in [0.05, 0.1) is 5.41 Å². The minimum atomic E-state index is -0.154. The predicted molar refractivity (Wildman–Crippen MR) is 52.2 cm³/mol. The molecule has 3 N–H and O–H groups in total. The molecule has 0 unspecified atom stereocenters. The van der Waals surface area contributed by atoms with E-state index in [9.17, 15) is 4.79 Å². The second-order valence-electron chi connectivity index (χ2n) is 4.37. The SMILES string of the molecule is NNC(=O)C1(C2CCOCC2)CCC1. The minimum absolute atomic E-state index is 0.0376. The molecule has 80 valence electrons. The normalized spacial score (nSPS) is 26.6. The molecule has 1 aliphatic carbocycles. The van der Waals surface area contributed by atoms with Gasteiger partial charge in [0, 0.05) is 13.2 Å². The monoisotopic (exact) mass is 198 g/mol. The first-order valence-electron chi connectivity index (χ1n) is 5.38. The first-order valence-corrected chi connectivity index (χ1v) is 5.38. The Balaban J connectivity index is 2.06. The zero-order valence-corrected chi connectivity index (χ0v) is 8.42. The van der Waals surface area contributed by atoms with E-state index in [1.54, 1.807) is 0 Å². The molecular formula is C10H18N2O2. The average Bonchev–Trinajstić information content (AvgIpc) is 2.17. The van der Waals surface area contributed by atoms with Crippen LogP contribution < -0.4 is 11.3 Å². The van der Waals surface area contributed by atoms with Gasteiger partial charge in [-0.3, -0.25) is 10.2 Å². The Morgan fingerprint density at radius 3 is 2.43 bits per heavy atom. The highest BCUT2D eigenvalue weighted by Crippen LogP contribution is 2.50. The van der Waals surface area contributed by atoms with Crippen molar-refractivity contribution in [1.29, 1.82) is 0 Å². The molecule has 14 heavy (non-hydrogen) atoms. The van der Waals surface area contributed by atoms with Gasteiger partial charge >= 0.3 is 0 Å². The molecule has 0 atom stereocenters. The maximum absolute atomic E-state index is 11.7. The molecule has 4 heteroatoms. The van der Waals surface area contributed by atoms with E-state index in [1.807, 2.05) is 0 Å². The number of amides is 1. The number of nitrogens with two attached hydrogens (primary N) is 1. The number of rotatable bonds is 2. The van der Waals surface area contributed by atoms with Crippen molar-refractivity contribution in [2.45, 2.75) is 32.1 Å². The highest BCUT2D eigenvalue weighted by atomic mass is 16.5. The van der Waals surface area contributed by atoms with E-state index >= 15 is 0 Å². The molecular weight excluding hydrogens is 180 g/mol. The van der Waals surface area contributed by atoms with Gasteiger partial charge in [0.1, 0.15) is 0 Å². The number of hydrazine groups is 1. The summed E-state index contributed by atoms with van der Waals surface area (Å²) in [5, 5.41) is 0. The first kappa shape index (κ1) is 9.93. The lowest BCUT2D eigenvalue weighted by Gasteiger charge is -2.47. The molecule has 0 aromatic rings. The topological polar surface area (TPSA) is 64.3 Å². The van der Waals surface area contributed by atoms with Crippen LogP contribution in [0.3, 0.4) is 0 Å². The lowest BCUT2D eigenvalue weighted by molar-refractivity contribution is -0.144. The van der Waals surface area contributed by atoms with Crippen molar-refractivity contribution >= 4 is 5.91 Å². The van der Waals surface area contributed by atoms with Crippen LogP contribution in [0.25, 0.3) is 0 Å². The third-order valence-corrected chi connectivity index (χ3v) is 3.83. The van der Waals surface area contributed by atoms with Crippen LogP contribution in [-0.2, 0) is 9.53 Å². The largest absolute Gasteiger partial charge is 0.381 e. The Labute approximate surface area is 84.1 Å². The molecule has 0 aromatic heterocycles. The van der Waals surface area contributed by atoms with Gasteiger partial charge < -0.3 is 4.74 Å². The maximum atomic E-state index is 11.7. The number of ether oxygens (including phenoxy) is 1. The van der Waals surface area contributed by atoms with Crippen molar-refractivity contribution in [3.05, 3.63) is 0 Å². The number of carbonyl (C=O) groups is 1. The summed E-state index contributed by atoms with van der Waals surface area (Å²) in [5.41, 5.74) is 2.17. The molecule has 0 spiro atoms. The Morgan fingerprint density at radius 2 is 2.00 bits per heavy atom. The van der Waals surface area contributed by atoms with Crippen LogP contribution >= 0.6 is 0 Å². The van der Waals surface area contributed by atoms with Crippen LogP contribution in [0.2, 0.25) is 0 Å². The molecule has 0 bridgehead atoms. The lowest BCUT2D eigenvalue weighted by atomic mass is 9.58. The maximum Gasteiger partial charge on any atom is 0.240 e. The van der Waals surface area contributed by atoms with Gasteiger partial charge in [0.15, 0.2) is 0 Å². The van der Waals surface area contributed by atoms with E-state index in [4.69, 9.17) is 10.6 Å². The Morgan fingerprint density at radius 1 is 1.36 bits per heavy atom. The summed E-state index contributed by atoms with van der Waals surface area (Å²) in [4.78, 5) is 11.7. The second-order valence-corrected chi connectivity index (χ2v) is 4.37. The lowest BCUT2D eigenvalue weighted by Crippen LogP contribution is -2.53. The smallest absolute Gasteiger partial charge is 0.240 e. The van der Waals surface area contributed by atoms with Crippen molar-refractivity contribution in [3.63, 3.8) is 0 Å². The van der Waals surface area contributed by atoms with E-state index < -0.39 is 0 Å². The van der Waals surface area contributed by atoms with E-state index in [0.29, 0.717) is 5.92 Å². The summed E-state index contributed by atoms with van der Waals surface area (Å²) in [5.74, 6) is 5.76. The predicted octanol–water partition coefficient (Wildman–Crippen LogP) is 0.573. The third kappa shape index (κ3) is 1.42. The van der Waals surface area contributed by atoms with Gasteiger partial charge in [-0.15, -0.1) is 0 Å². The zero-order chi connectivity index (χ0) is 10.0. The summed E-state index contributed by atoms with van der Waals surface area (Å²) in [7, 11) is 0. The molecule has 0 radical (unpaired) electrons. The Hall–Kier alpha value is -0.610. The number of nitrogens with one attached hydrogen (secondary N) is 1. The molecule has 1 aliphatic heterocycles. The minimum Gasteiger partial charge on any atom is -0.381 e. The molecule has 1 amide bonds. The van der Waals surface area contributed by atoms with Gasteiger partial charge in [-0.2, -0.15) is 0 Å². The number of hydrogen-bond acceptors (Lipinski definition) is 3. The van der Waals surface area contributed by atoms with Gasteiger partial charge in [-0.05, 0) is 31.6 Å². The molecule has 1 saturated heterocycles. The average molecular weight is 198 g/mol. The quantitative estimate of drug-likeness (QED) is 0.387. The van der Waals surface area contributed by atoms with Crippen LogP contribution in [0, 0.1) is 11.3 Å². The number of carbonyl (C=O) groups excluding carboxylic acids is 1. The zero-order valence-electron chi connectivity index (χ0n) is 8.42. The third-order valence-electron chi connectivity index (χ3n) is 3.83. The summed E-state index contributed by atoms with van der Waals surface area (Å²) in [6.07, 6.45) is 5.17. The molecule has 2 fully saturated rings. The van der Waals surface area contributed by atoms with E-state index in [-0.39, 0.29) is 11.3 Å². The van der Waals surface area contributed by atoms with Crippen LogP contribution in [0.4, 0.5) is 0 Å². The van der Waals surface area contributed by atoms with E-state index in [1.165, 1.54) is 0 Å². The molecule has 1 saturated carbocycles. The fraction of sp³-hybridized carbons (Fsp3) is 0.900. The first-order chi connectivity index (χ1) is 6.79. The van der Waals surface area contributed by atoms with E-state index in [2.05, 4.69) is 5.43 Å². The van der Waals surface area contributed by atoms with Crippen molar-refractivity contribution in [3.8, 4) is 0 Å². The molecule has 1 heterocycles. The van der Waals surface area contributed by atoms with E-state index in [0.717, 1.165) is 45.3 Å². The second kappa shape index (κ2) is 3.87. The van der Waals surface area contributed by atoms with Crippen LogP contribution in [0.15, 0.2) is 0 Å². The number of hydrogen-bond donors (Lipinski definition) is 2. The fourth-order valence-electron chi connectivity index (χ4n) is 2.77. The summed E-state index contributed by atoms with van der Waals surface area (Å²) < 4.78 is 5.31. The Kier molecular flexibility index (Phi) is 2.74. The summed E-state index contributed by atoms with van der Waals surface area (Å²) in [6, 6.07) is 0. The van der Waals surface area contributed by atoms with Gasteiger partial charge in [0.25, 0.3) is 0 Å². The van der Waals surface area contributed by atoms with Crippen molar-refractivity contribution in [2.24, 2.45) is 17.2 Å². The van der Waals surface area contributed by atoms with Gasteiger partial charge in [0.2, 0.25) is 5.91 Å². The van der Waals surface area contributed by atoms with Crippen LogP contribution in [0.5, 0.6) is 0 Å². The summed E-state index contributed by atoms with van der Waals surface area (Å²) in [6.45, 7) is 1.59. The van der Waals surface area contributed by atoms with Crippen molar-refractivity contribution < 1.29 is 9.53 Å². The van der Waals surface area contributed by atoms with Crippen molar-refractivity contribution in [2.75, 3.05) is 13.2 Å². The molecule has 2 aliphatic rings. The van der Waals surface area contributed by atoms with Gasteiger partial charge in [-0.25, -0.2) is 5.84 Å². The molecule has 2 rings (SSSR count). The standard InChI is InChI=1S/C10H18N2O2/c11-12-9(13)10(4-1-5-10)8-2-6-14-7-3-8/h8H,1-7,11H2,(H,12,13). The van der Waals surface area contributed by atoms with Crippen molar-refractivity contribution in [1.82, 2.24) is 5.43 Å². The molecule has 0 aromatic carbocycles. The highest BCUT2D eigenvalue weighted by molar-refractivity contribution is 5.83. The molecule has 4 nitrogen and oxygen atoms in total.